The van der Waals surface area contributed by atoms with Crippen molar-refractivity contribution in [1.82, 2.24) is 14.5 Å². The highest BCUT2D eigenvalue weighted by Crippen LogP contribution is 2.36. The molecule has 3 heterocycles. The molecule has 3 aliphatic heterocycles. The molecule has 0 fully saturated rings. The number of sulfonamides is 1. The average Bonchev–Trinajstić information content (AvgIpc) is 3.47. The summed E-state index contributed by atoms with van der Waals surface area (Å²) in [6.45, 7) is 5.05. The van der Waals surface area contributed by atoms with E-state index in [-0.39, 0.29) is 16.7 Å². The predicted molar refractivity (Wildman–Crippen MR) is 132 cm³/mol. The van der Waals surface area contributed by atoms with Gasteiger partial charge in [-0.25, -0.2) is 8.42 Å². The molecule has 5 rings (SSSR count). The van der Waals surface area contributed by atoms with Gasteiger partial charge in [0.1, 0.15) is 13.2 Å². The first-order valence-corrected chi connectivity index (χ1v) is 13.5. The minimum absolute atomic E-state index is 0.0725. The van der Waals surface area contributed by atoms with Crippen molar-refractivity contribution in [3.8, 4) is 11.5 Å². The Morgan fingerprint density at radius 2 is 1.71 bits per heavy atom. The predicted octanol–water partition coefficient (Wildman–Crippen LogP) is 2.17. The lowest BCUT2D eigenvalue weighted by Crippen LogP contribution is -2.40. The minimum atomic E-state index is -3.68. The van der Waals surface area contributed by atoms with Crippen LogP contribution in [0.1, 0.15) is 24.0 Å². The molecule has 2 aromatic rings. The molecule has 186 valence electrons. The molecule has 9 heteroatoms. The third-order valence-electron chi connectivity index (χ3n) is 6.93. The average molecular weight is 498 g/mol. The molecule has 8 nitrogen and oxygen atoms in total. The quantitative estimate of drug-likeness (QED) is 0.590. The van der Waals surface area contributed by atoms with Gasteiger partial charge in [-0.05, 0) is 47.9 Å². The highest BCUT2D eigenvalue weighted by Gasteiger charge is 2.39. The van der Waals surface area contributed by atoms with Crippen molar-refractivity contribution >= 4 is 15.9 Å². The van der Waals surface area contributed by atoms with E-state index in [2.05, 4.69) is 24.4 Å². The van der Waals surface area contributed by atoms with Gasteiger partial charge in [-0.15, -0.1) is 0 Å². The van der Waals surface area contributed by atoms with Gasteiger partial charge in [-0.2, -0.15) is 4.31 Å². The third-order valence-corrected chi connectivity index (χ3v) is 8.72. The number of likely N-dealkylation sites (N-methyl/N-ethyl adjacent to an activating group) is 1. The SMILES string of the molecule is CCc1cccc([C@@H](CNC)C(=O)N2CC3=C(C2)CN(S(=O)(=O)c2ccc4c(c2)OCCO4)C3)c1. The molecule has 0 aromatic heterocycles. The summed E-state index contributed by atoms with van der Waals surface area (Å²) in [5, 5.41) is 3.16. The number of amides is 1. The number of rotatable bonds is 7. The fraction of sp³-hybridized carbons (Fsp3) is 0.423. The van der Waals surface area contributed by atoms with Gasteiger partial charge < -0.3 is 19.7 Å². The zero-order valence-corrected chi connectivity index (χ0v) is 20.9. The van der Waals surface area contributed by atoms with Gasteiger partial charge in [0.25, 0.3) is 0 Å². The summed E-state index contributed by atoms with van der Waals surface area (Å²) in [4.78, 5) is 15.6. The van der Waals surface area contributed by atoms with Gasteiger partial charge in [0.2, 0.25) is 15.9 Å². The molecule has 0 unspecified atom stereocenters. The largest absolute Gasteiger partial charge is 0.486 e. The molecule has 3 aliphatic rings. The topological polar surface area (TPSA) is 88.2 Å². The van der Waals surface area contributed by atoms with Crippen LogP contribution in [0.5, 0.6) is 11.5 Å². The molecular weight excluding hydrogens is 466 g/mol. The summed E-state index contributed by atoms with van der Waals surface area (Å²) in [6, 6.07) is 13.0. The molecule has 0 saturated carbocycles. The summed E-state index contributed by atoms with van der Waals surface area (Å²) in [7, 11) is -1.83. The first-order chi connectivity index (χ1) is 16.9. The minimum Gasteiger partial charge on any atom is -0.486 e. The number of nitrogens with zero attached hydrogens (tertiary/aromatic N) is 2. The molecule has 1 amide bonds. The molecule has 1 N–H and O–H groups in total. The molecule has 0 bridgehead atoms. The van der Waals surface area contributed by atoms with Gasteiger partial charge in [0.05, 0.1) is 10.8 Å². The number of hydrogen-bond acceptors (Lipinski definition) is 6. The molecule has 1 atom stereocenters. The number of carbonyl (C=O) groups excluding carboxylic acids is 1. The van der Waals surface area contributed by atoms with E-state index in [0.29, 0.717) is 57.4 Å². The standard InChI is InChI=1S/C26H31N3O5S/c1-3-18-5-4-6-19(11-18)23(13-27-2)26(30)28-14-20-16-29(17-21(20)15-28)35(31,32)22-7-8-24-25(12-22)34-10-9-33-24/h4-8,11-12,23,27H,3,9-10,13-17H2,1-2H3/t23-/m1/s1. The van der Waals surface area contributed by atoms with Crippen LogP contribution in [0.3, 0.4) is 0 Å². The fourth-order valence-electron chi connectivity index (χ4n) is 5.01. The van der Waals surface area contributed by atoms with Gasteiger partial charge in [-0.3, -0.25) is 4.79 Å². The summed E-state index contributed by atoms with van der Waals surface area (Å²) in [6.07, 6.45) is 0.918. The second kappa shape index (κ2) is 9.64. The van der Waals surface area contributed by atoms with Gasteiger partial charge in [0.15, 0.2) is 11.5 Å². The zero-order chi connectivity index (χ0) is 24.6. The number of benzene rings is 2. The second-order valence-electron chi connectivity index (χ2n) is 9.19. The molecule has 35 heavy (non-hydrogen) atoms. The number of carbonyl (C=O) groups is 1. The normalized spacial score (nSPS) is 18.6. The highest BCUT2D eigenvalue weighted by molar-refractivity contribution is 7.89. The van der Waals surface area contributed by atoms with Gasteiger partial charge in [-0.1, -0.05) is 31.2 Å². The van der Waals surface area contributed by atoms with Crippen LogP contribution in [0.2, 0.25) is 0 Å². The molecular formula is C26H31N3O5S. The van der Waals surface area contributed by atoms with Crippen LogP contribution in [0.4, 0.5) is 0 Å². The summed E-state index contributed by atoms with van der Waals surface area (Å²) >= 11 is 0. The van der Waals surface area contributed by atoms with Crippen LogP contribution in [0.25, 0.3) is 0 Å². The summed E-state index contributed by atoms with van der Waals surface area (Å²) in [5.74, 6) is 0.816. The van der Waals surface area contributed by atoms with Crippen molar-refractivity contribution in [3.63, 3.8) is 0 Å². The molecule has 0 aliphatic carbocycles. The third kappa shape index (κ3) is 4.55. The fourth-order valence-corrected chi connectivity index (χ4v) is 6.45. The Balaban J connectivity index is 1.27. The number of hydrogen-bond donors (Lipinski definition) is 1. The van der Waals surface area contributed by atoms with E-state index in [1.54, 1.807) is 12.1 Å². The van der Waals surface area contributed by atoms with Crippen LogP contribution < -0.4 is 14.8 Å². The smallest absolute Gasteiger partial charge is 0.243 e. The summed E-state index contributed by atoms with van der Waals surface area (Å²) in [5.41, 5.74) is 4.26. The van der Waals surface area contributed by atoms with Crippen molar-refractivity contribution < 1.29 is 22.7 Å². The van der Waals surface area contributed by atoms with Crippen molar-refractivity contribution in [2.24, 2.45) is 0 Å². The lowest BCUT2D eigenvalue weighted by molar-refractivity contribution is -0.131. The van der Waals surface area contributed by atoms with Crippen molar-refractivity contribution in [2.45, 2.75) is 24.2 Å². The van der Waals surface area contributed by atoms with E-state index in [4.69, 9.17) is 9.47 Å². The van der Waals surface area contributed by atoms with Crippen LogP contribution >= 0.6 is 0 Å². The number of nitrogens with one attached hydrogen (secondary N) is 1. The Hall–Kier alpha value is -2.88. The van der Waals surface area contributed by atoms with Gasteiger partial charge in [0, 0.05) is 38.8 Å². The second-order valence-corrected chi connectivity index (χ2v) is 11.1. The van der Waals surface area contributed by atoms with E-state index < -0.39 is 10.0 Å². The lowest BCUT2D eigenvalue weighted by Gasteiger charge is -2.27. The maximum absolute atomic E-state index is 13.5. The monoisotopic (exact) mass is 497 g/mol. The maximum Gasteiger partial charge on any atom is 0.243 e. The van der Waals surface area contributed by atoms with Crippen molar-refractivity contribution in [2.75, 3.05) is 53.0 Å². The Labute approximate surface area is 206 Å². The Kier molecular flexibility index (Phi) is 6.57. The molecule has 0 radical (unpaired) electrons. The number of fused-ring (bicyclic) bond motifs is 1. The summed E-state index contributed by atoms with van der Waals surface area (Å²) < 4.78 is 39.2. The van der Waals surface area contributed by atoms with E-state index in [1.165, 1.54) is 15.9 Å². The molecule has 2 aromatic carbocycles. The number of ether oxygens (including phenoxy) is 2. The molecule has 0 spiro atoms. The van der Waals surface area contributed by atoms with E-state index >= 15 is 0 Å². The van der Waals surface area contributed by atoms with E-state index in [1.807, 2.05) is 24.1 Å². The van der Waals surface area contributed by atoms with Crippen LogP contribution in [-0.4, -0.2) is 76.5 Å². The first kappa shape index (κ1) is 23.8. The lowest BCUT2D eigenvalue weighted by atomic mass is 9.95. The maximum atomic E-state index is 13.5. The Morgan fingerprint density at radius 1 is 1.00 bits per heavy atom. The Bertz CT molecular complexity index is 1260. The first-order valence-electron chi connectivity index (χ1n) is 12.0. The highest BCUT2D eigenvalue weighted by atomic mass is 32.2. The van der Waals surface area contributed by atoms with Crippen LogP contribution in [0.15, 0.2) is 58.5 Å². The van der Waals surface area contributed by atoms with Gasteiger partial charge >= 0.3 is 0 Å². The van der Waals surface area contributed by atoms with Crippen LogP contribution in [0, 0.1) is 0 Å². The number of aryl methyl sites for hydroxylation is 1. The zero-order valence-electron chi connectivity index (χ0n) is 20.1. The van der Waals surface area contributed by atoms with Crippen molar-refractivity contribution in [1.29, 1.82) is 0 Å². The Morgan fingerprint density at radius 3 is 2.40 bits per heavy atom. The van der Waals surface area contributed by atoms with Crippen LogP contribution in [-0.2, 0) is 21.2 Å². The van der Waals surface area contributed by atoms with E-state index in [9.17, 15) is 13.2 Å². The molecule has 0 saturated heterocycles. The van der Waals surface area contributed by atoms with E-state index in [0.717, 1.165) is 23.1 Å². The van der Waals surface area contributed by atoms with Crippen molar-refractivity contribution in [3.05, 3.63) is 64.7 Å².